The molecule has 0 aliphatic carbocycles. The van der Waals surface area contributed by atoms with Gasteiger partial charge in [-0.1, -0.05) is 6.42 Å². The average molecular weight is 373 g/mol. The zero-order chi connectivity index (χ0) is 19.4. The number of hydrogen-bond acceptors (Lipinski definition) is 4. The number of anilines is 1. The highest BCUT2D eigenvalue weighted by Crippen LogP contribution is 2.32. The van der Waals surface area contributed by atoms with E-state index in [9.17, 15) is 19.5 Å². The van der Waals surface area contributed by atoms with E-state index in [2.05, 4.69) is 10.3 Å². The van der Waals surface area contributed by atoms with Crippen molar-refractivity contribution < 1.29 is 24.6 Å². The van der Waals surface area contributed by atoms with Gasteiger partial charge >= 0.3 is 11.9 Å². The monoisotopic (exact) mass is 373 g/mol. The van der Waals surface area contributed by atoms with Crippen LogP contribution in [0.15, 0.2) is 24.4 Å². The molecule has 1 aromatic heterocycles. The smallest absolute Gasteiger partial charge is 0.325 e. The van der Waals surface area contributed by atoms with Crippen LogP contribution in [0.5, 0.6) is 0 Å². The van der Waals surface area contributed by atoms with Gasteiger partial charge in [-0.15, -0.1) is 0 Å². The topological polar surface area (TPSA) is 123 Å². The lowest BCUT2D eigenvalue weighted by molar-refractivity contribution is -0.144. The molecule has 1 aliphatic heterocycles. The number of H-pyrrole nitrogens is 1. The first-order valence-corrected chi connectivity index (χ1v) is 9.05. The summed E-state index contributed by atoms with van der Waals surface area (Å²) in [6, 6.07) is 4.48. The third-order valence-corrected chi connectivity index (χ3v) is 4.85. The van der Waals surface area contributed by atoms with Gasteiger partial charge in [0, 0.05) is 34.8 Å². The largest absolute Gasteiger partial charge is 0.481 e. The molecule has 0 spiro atoms. The fourth-order valence-electron chi connectivity index (χ4n) is 3.55. The Hall–Kier alpha value is -2.87. The SMILES string of the molecule is O=C(O)CCC(=O)Nc1ccc2[nH]cc(C(C(=O)O)N3CCCCC3)c2c1. The lowest BCUT2D eigenvalue weighted by atomic mass is 10.0. The molecule has 1 aliphatic rings. The fraction of sp³-hybridized carbons (Fsp3) is 0.421. The number of carbonyl (C=O) groups excluding carboxylic acids is 1. The second kappa shape index (κ2) is 8.22. The Morgan fingerprint density at radius 3 is 2.52 bits per heavy atom. The molecule has 1 fully saturated rings. The number of carboxylic acids is 2. The third kappa shape index (κ3) is 4.46. The summed E-state index contributed by atoms with van der Waals surface area (Å²) in [5.74, 6) is -2.31. The van der Waals surface area contributed by atoms with Crippen LogP contribution in [0.4, 0.5) is 5.69 Å². The quantitative estimate of drug-likeness (QED) is 0.592. The minimum atomic E-state index is -1.03. The highest BCUT2D eigenvalue weighted by molar-refractivity contribution is 5.96. The van der Waals surface area contributed by atoms with Gasteiger partial charge in [-0.2, -0.15) is 0 Å². The number of rotatable bonds is 7. The molecular formula is C19H23N3O5. The molecule has 1 aromatic carbocycles. The Bertz CT molecular complexity index is 854. The Labute approximate surface area is 156 Å². The number of piperidine rings is 1. The van der Waals surface area contributed by atoms with Gasteiger partial charge in [0.15, 0.2) is 0 Å². The van der Waals surface area contributed by atoms with Crippen LogP contribution < -0.4 is 5.32 Å². The van der Waals surface area contributed by atoms with E-state index in [1.54, 1.807) is 24.4 Å². The summed E-state index contributed by atoms with van der Waals surface area (Å²) in [4.78, 5) is 39.5. The minimum Gasteiger partial charge on any atom is -0.481 e. The molecule has 0 bridgehead atoms. The Balaban J connectivity index is 1.86. The average Bonchev–Trinajstić information content (AvgIpc) is 3.04. The first-order valence-electron chi connectivity index (χ1n) is 9.05. The van der Waals surface area contributed by atoms with Gasteiger partial charge in [-0.3, -0.25) is 19.3 Å². The number of likely N-dealkylation sites (tertiary alicyclic amines) is 1. The molecule has 3 rings (SSSR count). The van der Waals surface area contributed by atoms with Crippen LogP contribution in [-0.2, 0) is 14.4 Å². The van der Waals surface area contributed by atoms with E-state index < -0.39 is 18.0 Å². The van der Waals surface area contributed by atoms with Crippen molar-refractivity contribution in [1.29, 1.82) is 0 Å². The van der Waals surface area contributed by atoms with Gasteiger partial charge < -0.3 is 20.5 Å². The molecular weight excluding hydrogens is 350 g/mol. The van der Waals surface area contributed by atoms with E-state index in [1.165, 1.54) is 0 Å². The fourth-order valence-corrected chi connectivity index (χ4v) is 3.55. The van der Waals surface area contributed by atoms with Crippen molar-refractivity contribution in [2.75, 3.05) is 18.4 Å². The molecule has 1 saturated heterocycles. The van der Waals surface area contributed by atoms with Gasteiger partial charge in [-0.05, 0) is 44.1 Å². The number of hydrogen-bond donors (Lipinski definition) is 4. The molecule has 1 atom stereocenters. The summed E-state index contributed by atoms with van der Waals surface area (Å²) < 4.78 is 0. The molecule has 0 radical (unpaired) electrons. The number of fused-ring (bicyclic) bond motifs is 1. The predicted octanol–water partition coefficient (Wildman–Crippen LogP) is 2.58. The first-order chi connectivity index (χ1) is 13.0. The van der Waals surface area contributed by atoms with E-state index in [1.807, 2.05) is 4.90 Å². The Morgan fingerprint density at radius 1 is 1.11 bits per heavy atom. The van der Waals surface area contributed by atoms with Crippen LogP contribution in [0, 0.1) is 0 Å². The van der Waals surface area contributed by atoms with Crippen LogP contribution in [0.25, 0.3) is 10.9 Å². The summed E-state index contributed by atoms with van der Waals surface area (Å²) in [6.45, 7) is 1.49. The van der Waals surface area contributed by atoms with Crippen molar-refractivity contribution in [2.45, 2.75) is 38.1 Å². The van der Waals surface area contributed by atoms with E-state index >= 15 is 0 Å². The number of aromatic nitrogens is 1. The van der Waals surface area contributed by atoms with Gasteiger partial charge in [0.2, 0.25) is 5.91 Å². The zero-order valence-electron chi connectivity index (χ0n) is 14.9. The van der Waals surface area contributed by atoms with Gasteiger partial charge in [0.25, 0.3) is 0 Å². The molecule has 8 heteroatoms. The Morgan fingerprint density at radius 2 is 1.85 bits per heavy atom. The van der Waals surface area contributed by atoms with E-state index in [0.717, 1.165) is 43.3 Å². The van der Waals surface area contributed by atoms with Gasteiger partial charge in [-0.25, -0.2) is 0 Å². The molecule has 1 amide bonds. The maximum Gasteiger partial charge on any atom is 0.325 e. The molecule has 27 heavy (non-hydrogen) atoms. The molecule has 8 nitrogen and oxygen atoms in total. The molecule has 2 aromatic rings. The van der Waals surface area contributed by atoms with Crippen LogP contribution in [0.2, 0.25) is 0 Å². The summed E-state index contributed by atoms with van der Waals surface area (Å²) in [6.07, 6.45) is 4.45. The number of nitrogens with zero attached hydrogens (tertiary/aromatic N) is 1. The van der Waals surface area contributed by atoms with E-state index in [0.29, 0.717) is 11.3 Å². The molecule has 1 unspecified atom stereocenters. The minimum absolute atomic E-state index is 0.112. The lowest BCUT2D eigenvalue weighted by Crippen LogP contribution is -2.37. The molecule has 0 saturated carbocycles. The van der Waals surface area contributed by atoms with Gasteiger partial charge in [0.1, 0.15) is 6.04 Å². The molecule has 144 valence electrons. The van der Waals surface area contributed by atoms with Crippen LogP contribution in [-0.4, -0.2) is 51.0 Å². The van der Waals surface area contributed by atoms with Crippen LogP contribution in [0.3, 0.4) is 0 Å². The van der Waals surface area contributed by atoms with Crippen molar-refractivity contribution in [3.05, 3.63) is 30.0 Å². The van der Waals surface area contributed by atoms with E-state index in [-0.39, 0.29) is 18.7 Å². The second-order valence-electron chi connectivity index (χ2n) is 6.78. The number of benzene rings is 1. The summed E-state index contributed by atoms with van der Waals surface area (Å²) in [5.41, 5.74) is 1.97. The number of nitrogens with one attached hydrogen (secondary N) is 2. The number of carbonyl (C=O) groups is 3. The zero-order valence-corrected chi connectivity index (χ0v) is 14.9. The summed E-state index contributed by atoms with van der Waals surface area (Å²) >= 11 is 0. The van der Waals surface area contributed by atoms with Crippen molar-refractivity contribution in [1.82, 2.24) is 9.88 Å². The van der Waals surface area contributed by atoms with Crippen molar-refractivity contribution in [3.8, 4) is 0 Å². The van der Waals surface area contributed by atoms with Crippen molar-refractivity contribution in [3.63, 3.8) is 0 Å². The maximum absolute atomic E-state index is 12.0. The normalized spacial score (nSPS) is 16.1. The van der Waals surface area contributed by atoms with Crippen LogP contribution in [0.1, 0.15) is 43.7 Å². The van der Waals surface area contributed by atoms with E-state index in [4.69, 9.17) is 5.11 Å². The second-order valence-corrected chi connectivity index (χ2v) is 6.78. The summed E-state index contributed by atoms with van der Waals surface area (Å²) in [5, 5.41) is 21.9. The summed E-state index contributed by atoms with van der Waals surface area (Å²) in [7, 11) is 0. The molecule has 2 heterocycles. The standard InChI is InChI=1S/C19H23N3O5/c23-16(6-7-17(24)25)21-12-4-5-15-13(10-12)14(11-20-15)18(19(26)27)22-8-2-1-3-9-22/h4-5,10-11,18,20H,1-3,6-9H2,(H,21,23)(H,24,25)(H,26,27). The Kier molecular flexibility index (Phi) is 5.75. The van der Waals surface area contributed by atoms with Gasteiger partial charge in [0.05, 0.1) is 6.42 Å². The highest BCUT2D eigenvalue weighted by Gasteiger charge is 2.30. The first kappa shape index (κ1) is 18.9. The number of aliphatic carboxylic acids is 2. The van der Waals surface area contributed by atoms with Crippen molar-refractivity contribution in [2.24, 2.45) is 0 Å². The number of aromatic amines is 1. The van der Waals surface area contributed by atoms with Crippen LogP contribution >= 0.6 is 0 Å². The number of amides is 1. The highest BCUT2D eigenvalue weighted by atomic mass is 16.4. The number of carboxylic acid groups (broad SMARTS) is 2. The predicted molar refractivity (Wildman–Crippen MR) is 99.6 cm³/mol. The lowest BCUT2D eigenvalue weighted by Gasteiger charge is -2.31. The third-order valence-electron chi connectivity index (χ3n) is 4.85. The maximum atomic E-state index is 12.0. The molecule has 4 N–H and O–H groups in total. The van der Waals surface area contributed by atoms with Crippen molar-refractivity contribution >= 4 is 34.4 Å².